The van der Waals surface area contributed by atoms with E-state index in [0.717, 1.165) is 10.5 Å². The van der Waals surface area contributed by atoms with Crippen LogP contribution in [0.15, 0.2) is 72.3 Å². The Balaban J connectivity index is 1.99. The molecule has 1 heterocycles. The van der Waals surface area contributed by atoms with Crippen molar-refractivity contribution >= 4 is 23.1 Å². The van der Waals surface area contributed by atoms with E-state index in [4.69, 9.17) is 4.74 Å². The number of para-hydroxylation sites is 2. The molecular weight excluding hydrogens is 437 g/mol. The lowest BCUT2D eigenvalue weighted by molar-refractivity contribution is -0.132. The van der Waals surface area contributed by atoms with Crippen molar-refractivity contribution in [1.82, 2.24) is 0 Å². The number of amides is 1. The summed E-state index contributed by atoms with van der Waals surface area (Å²) in [5.74, 6) is -2.63. The Bertz CT molecular complexity index is 1310. The standard InChI is InChI=1S/C27H24FNO5/c1-15(2)18-14-16(12-13-22(18)34-3)25(31)23-24(17-8-4-5-9-19(17)28)29(27(33)26(23)32)20-10-6-7-11-21(20)30/h4-15,24,30-31H,1-3H3/b25-23+. The number of aliphatic hydroxyl groups excluding tert-OH is 1. The molecule has 34 heavy (non-hydrogen) atoms. The Labute approximate surface area is 196 Å². The number of hydrogen-bond acceptors (Lipinski definition) is 5. The van der Waals surface area contributed by atoms with E-state index in [1.807, 2.05) is 13.8 Å². The highest BCUT2D eigenvalue weighted by Gasteiger charge is 2.48. The van der Waals surface area contributed by atoms with Crippen LogP contribution >= 0.6 is 0 Å². The molecule has 0 saturated carbocycles. The molecule has 1 unspecified atom stereocenters. The molecule has 1 saturated heterocycles. The largest absolute Gasteiger partial charge is 0.507 e. The Hall–Kier alpha value is -4.13. The summed E-state index contributed by atoms with van der Waals surface area (Å²) < 4.78 is 20.4. The number of methoxy groups -OCH3 is 1. The lowest BCUT2D eigenvalue weighted by Gasteiger charge is -2.26. The second-order valence-corrected chi connectivity index (χ2v) is 8.29. The van der Waals surface area contributed by atoms with Crippen molar-refractivity contribution in [2.45, 2.75) is 25.8 Å². The zero-order valence-electron chi connectivity index (χ0n) is 18.9. The van der Waals surface area contributed by atoms with Gasteiger partial charge >= 0.3 is 0 Å². The average molecular weight is 461 g/mol. The predicted molar refractivity (Wildman–Crippen MR) is 126 cm³/mol. The van der Waals surface area contributed by atoms with Gasteiger partial charge in [0.1, 0.15) is 23.1 Å². The van der Waals surface area contributed by atoms with Gasteiger partial charge in [0, 0.05) is 11.1 Å². The number of benzene rings is 3. The summed E-state index contributed by atoms with van der Waals surface area (Å²) >= 11 is 0. The Kier molecular flexibility index (Phi) is 6.11. The highest BCUT2D eigenvalue weighted by molar-refractivity contribution is 6.51. The number of ether oxygens (including phenoxy) is 1. The second kappa shape index (κ2) is 9.02. The molecule has 7 heteroatoms. The van der Waals surface area contributed by atoms with Crippen LogP contribution in [-0.2, 0) is 9.59 Å². The van der Waals surface area contributed by atoms with E-state index < -0.39 is 29.3 Å². The van der Waals surface area contributed by atoms with Gasteiger partial charge in [0.05, 0.1) is 24.4 Å². The molecule has 1 aliphatic rings. The first kappa shape index (κ1) is 23.0. The predicted octanol–water partition coefficient (Wildman–Crippen LogP) is 5.29. The van der Waals surface area contributed by atoms with Crippen LogP contribution in [0.4, 0.5) is 10.1 Å². The molecule has 3 aromatic carbocycles. The molecule has 0 spiro atoms. The average Bonchev–Trinajstić information content (AvgIpc) is 3.09. The van der Waals surface area contributed by atoms with Crippen molar-refractivity contribution in [3.05, 3.63) is 94.8 Å². The molecule has 2 N–H and O–H groups in total. The Morgan fingerprint density at radius 3 is 2.35 bits per heavy atom. The van der Waals surface area contributed by atoms with Gasteiger partial charge in [0.15, 0.2) is 0 Å². The Morgan fingerprint density at radius 1 is 1.03 bits per heavy atom. The van der Waals surface area contributed by atoms with Crippen molar-refractivity contribution < 1.29 is 28.9 Å². The van der Waals surface area contributed by atoms with E-state index in [1.54, 1.807) is 36.4 Å². The van der Waals surface area contributed by atoms with Gasteiger partial charge in [-0.3, -0.25) is 14.5 Å². The van der Waals surface area contributed by atoms with Crippen molar-refractivity contribution in [3.8, 4) is 11.5 Å². The zero-order chi connectivity index (χ0) is 24.6. The number of carbonyl (C=O) groups is 2. The smallest absolute Gasteiger partial charge is 0.300 e. The molecule has 0 aliphatic carbocycles. The summed E-state index contributed by atoms with van der Waals surface area (Å²) in [4.78, 5) is 27.4. The summed E-state index contributed by atoms with van der Waals surface area (Å²) in [5.41, 5.74) is 0.877. The molecule has 1 atom stereocenters. The molecular formula is C27H24FNO5. The fraction of sp³-hybridized carbons (Fsp3) is 0.185. The third-order valence-electron chi connectivity index (χ3n) is 5.91. The SMILES string of the molecule is COc1ccc(/C(O)=C2\C(=O)C(=O)N(c3ccccc3O)C2c2ccccc2F)cc1C(C)C. The van der Waals surface area contributed by atoms with Gasteiger partial charge in [-0.1, -0.05) is 44.2 Å². The number of ketones is 1. The third-order valence-corrected chi connectivity index (χ3v) is 5.91. The van der Waals surface area contributed by atoms with Gasteiger partial charge < -0.3 is 14.9 Å². The van der Waals surface area contributed by atoms with E-state index >= 15 is 0 Å². The maximum Gasteiger partial charge on any atom is 0.300 e. The van der Waals surface area contributed by atoms with E-state index in [1.165, 1.54) is 37.4 Å². The molecule has 3 aromatic rings. The third kappa shape index (κ3) is 3.79. The van der Waals surface area contributed by atoms with Crippen LogP contribution < -0.4 is 9.64 Å². The number of phenols is 1. The van der Waals surface area contributed by atoms with Crippen LogP contribution in [0.1, 0.15) is 42.5 Å². The topological polar surface area (TPSA) is 87.1 Å². The quantitative estimate of drug-likeness (QED) is 0.306. The number of aromatic hydroxyl groups is 1. The first-order valence-corrected chi connectivity index (χ1v) is 10.8. The lowest BCUT2D eigenvalue weighted by atomic mass is 9.93. The number of rotatable bonds is 5. The van der Waals surface area contributed by atoms with Gasteiger partial charge in [0.2, 0.25) is 0 Å². The van der Waals surface area contributed by atoms with Crippen molar-refractivity contribution in [2.75, 3.05) is 12.0 Å². The molecule has 6 nitrogen and oxygen atoms in total. The molecule has 0 bridgehead atoms. The van der Waals surface area contributed by atoms with Gasteiger partial charge in [-0.15, -0.1) is 0 Å². The highest BCUT2D eigenvalue weighted by atomic mass is 19.1. The van der Waals surface area contributed by atoms with Crippen molar-refractivity contribution in [2.24, 2.45) is 0 Å². The number of carbonyl (C=O) groups excluding carboxylic acids is 2. The van der Waals surface area contributed by atoms with Crippen LogP contribution in [0, 0.1) is 5.82 Å². The first-order chi connectivity index (χ1) is 16.3. The number of hydrogen-bond donors (Lipinski definition) is 2. The molecule has 1 fully saturated rings. The van der Waals surface area contributed by atoms with E-state index in [0.29, 0.717) is 11.3 Å². The van der Waals surface area contributed by atoms with E-state index in [9.17, 15) is 24.2 Å². The summed E-state index contributed by atoms with van der Waals surface area (Å²) in [6, 6.07) is 15.4. The maximum atomic E-state index is 15.0. The molecule has 0 aromatic heterocycles. The number of phenolic OH excluding ortho intramolecular Hbond substituents is 1. The van der Waals surface area contributed by atoms with Gasteiger partial charge in [-0.2, -0.15) is 0 Å². The molecule has 0 radical (unpaired) electrons. The number of nitrogens with zero attached hydrogens (tertiary/aromatic N) is 1. The summed E-state index contributed by atoms with van der Waals surface area (Å²) in [6.45, 7) is 3.91. The molecule has 174 valence electrons. The van der Waals surface area contributed by atoms with Crippen LogP contribution in [-0.4, -0.2) is 29.0 Å². The number of aliphatic hydroxyl groups is 1. The zero-order valence-corrected chi connectivity index (χ0v) is 18.9. The number of Topliss-reactive ketones (excluding diaryl/α,β-unsaturated/α-hetero) is 1. The normalized spacial score (nSPS) is 17.4. The maximum absolute atomic E-state index is 15.0. The minimum Gasteiger partial charge on any atom is -0.507 e. The van der Waals surface area contributed by atoms with Crippen LogP contribution in [0.25, 0.3) is 5.76 Å². The van der Waals surface area contributed by atoms with Gasteiger partial charge in [0.25, 0.3) is 11.7 Å². The van der Waals surface area contributed by atoms with E-state index in [-0.39, 0.29) is 28.5 Å². The first-order valence-electron chi connectivity index (χ1n) is 10.8. The summed E-state index contributed by atoms with van der Waals surface area (Å²) in [5, 5.41) is 21.7. The lowest BCUT2D eigenvalue weighted by Crippen LogP contribution is -2.29. The highest BCUT2D eigenvalue weighted by Crippen LogP contribution is 2.45. The summed E-state index contributed by atoms with van der Waals surface area (Å²) in [6.07, 6.45) is 0. The molecule has 4 rings (SSSR count). The minimum absolute atomic E-state index is 0.0177. The number of halogens is 1. The molecule has 1 amide bonds. The van der Waals surface area contributed by atoms with Gasteiger partial charge in [-0.05, 0) is 47.9 Å². The minimum atomic E-state index is -1.28. The van der Waals surface area contributed by atoms with Crippen LogP contribution in [0.5, 0.6) is 11.5 Å². The number of anilines is 1. The second-order valence-electron chi connectivity index (χ2n) is 8.29. The van der Waals surface area contributed by atoms with E-state index in [2.05, 4.69) is 0 Å². The van der Waals surface area contributed by atoms with Gasteiger partial charge in [-0.25, -0.2) is 4.39 Å². The fourth-order valence-corrected chi connectivity index (χ4v) is 4.23. The van der Waals surface area contributed by atoms with Crippen molar-refractivity contribution in [3.63, 3.8) is 0 Å². The van der Waals surface area contributed by atoms with Crippen molar-refractivity contribution in [1.29, 1.82) is 0 Å². The van der Waals surface area contributed by atoms with Crippen LogP contribution in [0.2, 0.25) is 0 Å². The fourth-order valence-electron chi connectivity index (χ4n) is 4.23. The monoisotopic (exact) mass is 461 g/mol. The summed E-state index contributed by atoms with van der Waals surface area (Å²) in [7, 11) is 1.54. The Morgan fingerprint density at radius 2 is 1.71 bits per heavy atom. The molecule has 1 aliphatic heterocycles. The van der Waals surface area contributed by atoms with Crippen LogP contribution in [0.3, 0.4) is 0 Å².